The van der Waals surface area contributed by atoms with Crippen LogP contribution in [0.4, 0.5) is 0 Å². The van der Waals surface area contributed by atoms with Crippen molar-refractivity contribution >= 4 is 16.7 Å². The fraction of sp³-hybridized carbons (Fsp3) is 0.400. The molecule has 92 valence electrons. The van der Waals surface area contributed by atoms with E-state index in [2.05, 4.69) is 33.5 Å². The summed E-state index contributed by atoms with van der Waals surface area (Å²) in [5, 5.41) is 4.74. The van der Waals surface area contributed by atoms with Crippen LogP contribution >= 0.6 is 0 Å². The third kappa shape index (κ3) is 1.47. The number of nitrogens with zero attached hydrogens (tertiary/aromatic N) is 1. The summed E-state index contributed by atoms with van der Waals surface area (Å²) in [7, 11) is 0. The highest BCUT2D eigenvalue weighted by Gasteiger charge is 2.16. The van der Waals surface area contributed by atoms with Crippen molar-refractivity contribution in [1.82, 2.24) is 10.3 Å². The lowest BCUT2D eigenvalue weighted by atomic mass is 9.95. The molecule has 0 atom stereocenters. The van der Waals surface area contributed by atoms with Crippen LogP contribution in [-0.4, -0.2) is 23.9 Å². The molecule has 0 bridgehead atoms. The summed E-state index contributed by atoms with van der Waals surface area (Å²) in [6, 6.07) is 6.70. The highest BCUT2D eigenvalue weighted by Crippen LogP contribution is 2.29. The zero-order chi connectivity index (χ0) is 11.9. The summed E-state index contributed by atoms with van der Waals surface area (Å²) in [5.41, 5.74) is 5.48. The number of hydrogen-bond donors (Lipinski definition) is 2. The van der Waals surface area contributed by atoms with Gasteiger partial charge in [-0.15, -0.1) is 0 Å². The van der Waals surface area contributed by atoms with Crippen molar-refractivity contribution in [2.75, 3.05) is 13.1 Å². The topological polar surface area (TPSA) is 40.2 Å². The van der Waals surface area contributed by atoms with E-state index in [9.17, 15) is 0 Å². The molecule has 1 aliphatic carbocycles. The lowest BCUT2D eigenvalue weighted by Crippen LogP contribution is -2.19. The predicted molar refractivity (Wildman–Crippen MR) is 74.3 cm³/mol. The molecule has 2 aliphatic rings. The summed E-state index contributed by atoms with van der Waals surface area (Å²) in [5.74, 6) is 1.05. The molecule has 2 aromatic rings. The second-order valence-electron chi connectivity index (χ2n) is 5.21. The minimum atomic E-state index is 0.897. The zero-order valence-corrected chi connectivity index (χ0v) is 10.4. The second-order valence-corrected chi connectivity index (χ2v) is 5.21. The number of amidine groups is 1. The minimum absolute atomic E-state index is 0.897. The maximum Gasteiger partial charge on any atom is 0.128 e. The first-order chi connectivity index (χ1) is 8.92. The van der Waals surface area contributed by atoms with Gasteiger partial charge in [0.25, 0.3) is 0 Å². The molecule has 2 N–H and O–H groups in total. The molecular formula is C15H17N3. The first-order valence-electron chi connectivity index (χ1n) is 6.84. The molecule has 0 saturated heterocycles. The van der Waals surface area contributed by atoms with E-state index < -0.39 is 0 Å². The Bertz CT molecular complexity index is 636. The SMILES string of the molecule is c1cc2c3c([nH]c2cc1C1=NCCN1)CCCC3. The summed E-state index contributed by atoms with van der Waals surface area (Å²) in [6.07, 6.45) is 5.09. The predicted octanol–water partition coefficient (Wildman–Crippen LogP) is 2.40. The number of H-pyrrole nitrogens is 1. The van der Waals surface area contributed by atoms with Gasteiger partial charge in [-0.25, -0.2) is 0 Å². The summed E-state index contributed by atoms with van der Waals surface area (Å²) in [6.45, 7) is 1.86. The van der Waals surface area contributed by atoms with Crippen LogP contribution in [0.5, 0.6) is 0 Å². The Balaban J connectivity index is 1.85. The van der Waals surface area contributed by atoms with Gasteiger partial charge in [-0.2, -0.15) is 0 Å². The molecule has 0 saturated carbocycles. The lowest BCUT2D eigenvalue weighted by molar-refractivity contribution is 0.680. The molecule has 1 aromatic heterocycles. The Hall–Kier alpha value is -1.77. The van der Waals surface area contributed by atoms with Crippen molar-refractivity contribution in [1.29, 1.82) is 0 Å². The summed E-state index contributed by atoms with van der Waals surface area (Å²) < 4.78 is 0. The Morgan fingerprint density at radius 2 is 2.06 bits per heavy atom. The van der Waals surface area contributed by atoms with E-state index in [1.54, 1.807) is 5.56 Å². The Kier molecular flexibility index (Phi) is 2.19. The van der Waals surface area contributed by atoms with Gasteiger partial charge in [-0.1, -0.05) is 12.1 Å². The number of hydrogen-bond acceptors (Lipinski definition) is 2. The number of aromatic nitrogens is 1. The molecule has 4 rings (SSSR count). The molecule has 2 heterocycles. The monoisotopic (exact) mass is 239 g/mol. The van der Waals surface area contributed by atoms with Gasteiger partial charge in [-0.3, -0.25) is 4.99 Å². The number of aryl methyl sites for hydroxylation is 2. The maximum absolute atomic E-state index is 4.49. The first kappa shape index (κ1) is 10.2. The van der Waals surface area contributed by atoms with Gasteiger partial charge in [0.2, 0.25) is 0 Å². The van der Waals surface area contributed by atoms with E-state index in [1.165, 1.54) is 47.8 Å². The van der Waals surface area contributed by atoms with Crippen molar-refractivity contribution in [3.05, 3.63) is 35.0 Å². The first-order valence-corrected chi connectivity index (χ1v) is 6.84. The normalized spacial score (nSPS) is 18.6. The smallest absolute Gasteiger partial charge is 0.128 e. The molecule has 0 radical (unpaired) electrons. The second kappa shape index (κ2) is 3.87. The van der Waals surface area contributed by atoms with E-state index in [4.69, 9.17) is 0 Å². The zero-order valence-electron chi connectivity index (χ0n) is 10.4. The highest BCUT2D eigenvalue weighted by atomic mass is 15.1. The van der Waals surface area contributed by atoms with Gasteiger partial charge in [0, 0.05) is 28.7 Å². The van der Waals surface area contributed by atoms with E-state index in [1.807, 2.05) is 0 Å². The van der Waals surface area contributed by atoms with E-state index in [0.717, 1.165) is 18.9 Å². The third-order valence-electron chi connectivity index (χ3n) is 4.05. The number of fused-ring (bicyclic) bond motifs is 3. The van der Waals surface area contributed by atoms with Crippen LogP contribution in [-0.2, 0) is 12.8 Å². The quantitative estimate of drug-likeness (QED) is 0.788. The molecule has 1 aliphatic heterocycles. The molecule has 0 unspecified atom stereocenters. The largest absolute Gasteiger partial charge is 0.368 e. The van der Waals surface area contributed by atoms with Crippen molar-refractivity contribution < 1.29 is 0 Å². The standard InChI is InChI=1S/C15H17N3/c1-2-4-13-11(3-1)12-6-5-10(9-14(12)18-13)15-16-7-8-17-15/h5-6,9,18H,1-4,7-8H2,(H,16,17). The van der Waals surface area contributed by atoms with Crippen molar-refractivity contribution in [2.24, 2.45) is 4.99 Å². The van der Waals surface area contributed by atoms with Crippen LogP contribution in [0.15, 0.2) is 23.2 Å². The van der Waals surface area contributed by atoms with Crippen LogP contribution in [0, 0.1) is 0 Å². The molecule has 18 heavy (non-hydrogen) atoms. The number of rotatable bonds is 1. The molecule has 0 spiro atoms. The van der Waals surface area contributed by atoms with Crippen molar-refractivity contribution in [2.45, 2.75) is 25.7 Å². The van der Waals surface area contributed by atoms with Gasteiger partial charge in [0.1, 0.15) is 5.84 Å². The van der Waals surface area contributed by atoms with Crippen LogP contribution in [0.1, 0.15) is 29.7 Å². The average molecular weight is 239 g/mol. The Morgan fingerprint density at radius 3 is 2.94 bits per heavy atom. The fourth-order valence-electron chi connectivity index (χ4n) is 3.15. The van der Waals surface area contributed by atoms with E-state index >= 15 is 0 Å². The molecule has 1 aromatic carbocycles. The Morgan fingerprint density at radius 1 is 1.11 bits per heavy atom. The lowest BCUT2D eigenvalue weighted by Gasteiger charge is -2.10. The number of nitrogens with one attached hydrogen (secondary N) is 2. The summed E-state index contributed by atoms with van der Waals surface area (Å²) >= 11 is 0. The number of aliphatic imine (C=N–C) groups is 1. The molecule has 3 heteroatoms. The minimum Gasteiger partial charge on any atom is -0.368 e. The van der Waals surface area contributed by atoms with Crippen molar-refractivity contribution in [3.8, 4) is 0 Å². The van der Waals surface area contributed by atoms with Crippen LogP contribution in [0.25, 0.3) is 10.9 Å². The summed E-state index contributed by atoms with van der Waals surface area (Å²) in [4.78, 5) is 8.08. The van der Waals surface area contributed by atoms with E-state index in [-0.39, 0.29) is 0 Å². The number of benzene rings is 1. The highest BCUT2D eigenvalue weighted by molar-refractivity contribution is 6.02. The Labute approximate surface area is 106 Å². The van der Waals surface area contributed by atoms with Crippen LogP contribution < -0.4 is 5.32 Å². The van der Waals surface area contributed by atoms with Gasteiger partial charge < -0.3 is 10.3 Å². The molecule has 0 amide bonds. The van der Waals surface area contributed by atoms with Gasteiger partial charge in [-0.05, 0) is 37.3 Å². The maximum atomic E-state index is 4.49. The average Bonchev–Trinajstić information content (AvgIpc) is 3.05. The van der Waals surface area contributed by atoms with Crippen LogP contribution in [0.3, 0.4) is 0 Å². The van der Waals surface area contributed by atoms with Gasteiger partial charge in [0.15, 0.2) is 0 Å². The molecular weight excluding hydrogens is 222 g/mol. The van der Waals surface area contributed by atoms with Gasteiger partial charge in [0.05, 0.1) is 6.54 Å². The molecule has 0 fully saturated rings. The van der Waals surface area contributed by atoms with E-state index in [0.29, 0.717) is 0 Å². The van der Waals surface area contributed by atoms with Gasteiger partial charge >= 0.3 is 0 Å². The van der Waals surface area contributed by atoms with Crippen LogP contribution in [0.2, 0.25) is 0 Å². The third-order valence-corrected chi connectivity index (χ3v) is 4.05. The van der Waals surface area contributed by atoms with Crippen molar-refractivity contribution in [3.63, 3.8) is 0 Å². The number of aromatic amines is 1. The fourth-order valence-corrected chi connectivity index (χ4v) is 3.15. The molecule has 3 nitrogen and oxygen atoms in total.